The van der Waals surface area contributed by atoms with Crippen LogP contribution in [0.15, 0.2) is 43.0 Å². The van der Waals surface area contributed by atoms with Gasteiger partial charge in [0.25, 0.3) is 0 Å². The summed E-state index contributed by atoms with van der Waals surface area (Å²) in [6.45, 7) is 3.71. The predicted molar refractivity (Wildman–Crippen MR) is 104 cm³/mol. The number of rotatable bonds is 12. The molecule has 24 heavy (non-hydrogen) atoms. The highest BCUT2D eigenvalue weighted by Crippen LogP contribution is 2.15. The molecule has 0 spiro atoms. The molecule has 0 saturated carbocycles. The number of hydrogen-bond acceptors (Lipinski definition) is 3. The Hall–Kier alpha value is -0.970. The molecule has 2 rings (SSSR count). The zero-order chi connectivity index (χ0) is 17.0. The molecule has 0 radical (unpaired) electrons. The maximum absolute atomic E-state index is 6.16. The maximum Gasteiger partial charge on any atom is 0.0946 e. The van der Waals surface area contributed by atoms with E-state index in [1.807, 2.05) is 54.7 Å². The molecule has 0 saturated heterocycles. The molecular weight excluding hydrogens is 340 g/mol. The van der Waals surface area contributed by atoms with E-state index in [1.165, 1.54) is 31.4 Å². The van der Waals surface area contributed by atoms with Gasteiger partial charge in [0.2, 0.25) is 0 Å². The van der Waals surface area contributed by atoms with Gasteiger partial charge in [0, 0.05) is 23.2 Å². The molecule has 1 unspecified atom stereocenters. The second-order valence-electron chi connectivity index (χ2n) is 5.95. The van der Waals surface area contributed by atoms with Gasteiger partial charge < -0.3 is 9.30 Å². The maximum atomic E-state index is 6.16. The fraction of sp³-hybridized carbons (Fsp3) is 0.526. The lowest BCUT2D eigenvalue weighted by Gasteiger charge is -2.18. The largest absolute Gasteiger partial charge is 0.371 e. The van der Waals surface area contributed by atoms with Gasteiger partial charge in [-0.2, -0.15) is 11.8 Å². The zero-order valence-electron chi connectivity index (χ0n) is 14.4. The Bertz CT molecular complexity index is 545. The Labute approximate surface area is 154 Å². The molecule has 1 aromatic heterocycles. The van der Waals surface area contributed by atoms with E-state index in [4.69, 9.17) is 16.3 Å². The highest BCUT2D eigenvalue weighted by atomic mass is 35.5. The first-order valence-electron chi connectivity index (χ1n) is 8.67. The van der Waals surface area contributed by atoms with E-state index in [0.717, 1.165) is 22.9 Å². The molecule has 1 atom stereocenters. The Balaban J connectivity index is 1.77. The summed E-state index contributed by atoms with van der Waals surface area (Å²) >= 11 is 7.93. The lowest BCUT2D eigenvalue weighted by molar-refractivity contribution is 0.0450. The standard InChI is InChI=1S/C19H27ClN2OS/c1-2-3-4-5-12-24-15-19(13-22-11-10-21-16-22)23-14-17-6-8-18(20)9-7-17/h6-11,16,19H,2-5,12-15H2,1H3. The van der Waals surface area contributed by atoms with Crippen LogP contribution < -0.4 is 0 Å². The van der Waals surface area contributed by atoms with Crippen LogP contribution >= 0.6 is 23.4 Å². The highest BCUT2D eigenvalue weighted by Gasteiger charge is 2.11. The number of hydrogen-bond donors (Lipinski definition) is 0. The third-order valence-electron chi connectivity index (χ3n) is 3.82. The summed E-state index contributed by atoms with van der Waals surface area (Å²) in [6, 6.07) is 7.87. The Morgan fingerprint density at radius 2 is 2.04 bits per heavy atom. The van der Waals surface area contributed by atoms with E-state index in [2.05, 4.69) is 16.5 Å². The van der Waals surface area contributed by atoms with Crippen molar-refractivity contribution in [2.75, 3.05) is 11.5 Å². The minimum absolute atomic E-state index is 0.186. The van der Waals surface area contributed by atoms with Crippen molar-refractivity contribution in [3.05, 3.63) is 53.6 Å². The number of aromatic nitrogens is 2. The van der Waals surface area contributed by atoms with E-state index in [9.17, 15) is 0 Å². The molecular formula is C19H27ClN2OS. The third-order valence-corrected chi connectivity index (χ3v) is 5.26. The van der Waals surface area contributed by atoms with Crippen LogP contribution in [0.5, 0.6) is 0 Å². The molecule has 0 aliphatic heterocycles. The third kappa shape index (κ3) is 7.73. The molecule has 0 aliphatic carbocycles. The van der Waals surface area contributed by atoms with Gasteiger partial charge in [-0.3, -0.25) is 0 Å². The van der Waals surface area contributed by atoms with Crippen LogP contribution in [0.1, 0.15) is 38.2 Å². The summed E-state index contributed by atoms with van der Waals surface area (Å²) in [6.07, 6.45) is 11.1. The second kappa shape index (κ2) is 11.6. The van der Waals surface area contributed by atoms with Crippen LogP contribution in [-0.4, -0.2) is 27.2 Å². The van der Waals surface area contributed by atoms with Gasteiger partial charge in [-0.15, -0.1) is 0 Å². The van der Waals surface area contributed by atoms with Crippen LogP contribution in [0.4, 0.5) is 0 Å². The topological polar surface area (TPSA) is 27.1 Å². The summed E-state index contributed by atoms with van der Waals surface area (Å²) in [5, 5.41) is 0.761. The quantitative estimate of drug-likeness (QED) is 0.468. The van der Waals surface area contributed by atoms with Crippen molar-refractivity contribution in [2.24, 2.45) is 0 Å². The number of unbranched alkanes of at least 4 members (excludes halogenated alkanes) is 3. The average molecular weight is 367 g/mol. The van der Waals surface area contributed by atoms with E-state index < -0.39 is 0 Å². The fourth-order valence-corrected chi connectivity index (χ4v) is 3.59. The number of ether oxygens (including phenoxy) is 1. The van der Waals surface area contributed by atoms with Crippen LogP contribution in [0.2, 0.25) is 5.02 Å². The smallest absolute Gasteiger partial charge is 0.0946 e. The number of imidazole rings is 1. The molecule has 0 fully saturated rings. The van der Waals surface area contributed by atoms with Crippen molar-refractivity contribution in [3.8, 4) is 0 Å². The highest BCUT2D eigenvalue weighted by molar-refractivity contribution is 7.99. The van der Waals surface area contributed by atoms with Crippen molar-refractivity contribution < 1.29 is 4.74 Å². The Kier molecular flexibility index (Phi) is 9.32. The molecule has 3 nitrogen and oxygen atoms in total. The first-order chi connectivity index (χ1) is 11.8. The molecule has 5 heteroatoms. The van der Waals surface area contributed by atoms with Crippen molar-refractivity contribution >= 4 is 23.4 Å². The fourth-order valence-electron chi connectivity index (χ4n) is 2.42. The SMILES string of the molecule is CCCCCCSCC(Cn1ccnc1)OCc1ccc(Cl)cc1. The summed E-state index contributed by atoms with van der Waals surface area (Å²) in [5.74, 6) is 2.22. The van der Waals surface area contributed by atoms with Gasteiger partial charge in [0.1, 0.15) is 0 Å². The minimum Gasteiger partial charge on any atom is -0.371 e. The molecule has 132 valence electrons. The molecule has 1 aromatic carbocycles. The summed E-state index contributed by atoms with van der Waals surface area (Å²) < 4.78 is 8.24. The molecule has 2 aromatic rings. The number of nitrogens with zero attached hydrogens (tertiary/aromatic N) is 2. The first kappa shape index (κ1) is 19.4. The number of benzene rings is 1. The average Bonchev–Trinajstić information content (AvgIpc) is 3.10. The van der Waals surface area contributed by atoms with Gasteiger partial charge in [0.15, 0.2) is 0 Å². The molecule has 0 aliphatic rings. The van der Waals surface area contributed by atoms with Crippen molar-refractivity contribution in [3.63, 3.8) is 0 Å². The summed E-state index contributed by atoms with van der Waals surface area (Å²) in [5.41, 5.74) is 1.16. The van der Waals surface area contributed by atoms with Crippen LogP contribution in [0.3, 0.4) is 0 Å². The van der Waals surface area contributed by atoms with Crippen LogP contribution in [-0.2, 0) is 17.9 Å². The van der Waals surface area contributed by atoms with E-state index in [0.29, 0.717) is 6.61 Å². The van der Waals surface area contributed by atoms with Gasteiger partial charge >= 0.3 is 0 Å². The molecule has 0 N–H and O–H groups in total. The Morgan fingerprint density at radius 3 is 2.75 bits per heavy atom. The number of thioether (sulfide) groups is 1. The first-order valence-corrected chi connectivity index (χ1v) is 10.2. The minimum atomic E-state index is 0.186. The lowest BCUT2D eigenvalue weighted by atomic mass is 10.2. The van der Waals surface area contributed by atoms with Crippen molar-refractivity contribution in [1.29, 1.82) is 0 Å². The predicted octanol–water partition coefficient (Wildman–Crippen LogP) is 5.44. The van der Waals surface area contributed by atoms with Crippen molar-refractivity contribution in [2.45, 2.75) is 51.9 Å². The Morgan fingerprint density at radius 1 is 1.21 bits per heavy atom. The second-order valence-corrected chi connectivity index (χ2v) is 7.54. The van der Waals surface area contributed by atoms with Gasteiger partial charge in [0.05, 0.1) is 25.6 Å². The zero-order valence-corrected chi connectivity index (χ0v) is 15.9. The molecule has 0 amide bonds. The van der Waals surface area contributed by atoms with Gasteiger partial charge in [-0.05, 0) is 29.9 Å². The summed E-state index contributed by atoms with van der Waals surface area (Å²) in [7, 11) is 0. The van der Waals surface area contributed by atoms with E-state index in [1.54, 1.807) is 0 Å². The molecule has 1 heterocycles. The van der Waals surface area contributed by atoms with E-state index in [-0.39, 0.29) is 6.10 Å². The van der Waals surface area contributed by atoms with Crippen LogP contribution in [0.25, 0.3) is 0 Å². The number of halogens is 1. The molecule has 0 bridgehead atoms. The van der Waals surface area contributed by atoms with Crippen molar-refractivity contribution in [1.82, 2.24) is 9.55 Å². The monoisotopic (exact) mass is 366 g/mol. The van der Waals surface area contributed by atoms with E-state index >= 15 is 0 Å². The summed E-state index contributed by atoms with van der Waals surface area (Å²) in [4.78, 5) is 4.12. The van der Waals surface area contributed by atoms with Gasteiger partial charge in [-0.1, -0.05) is 49.9 Å². The normalized spacial score (nSPS) is 12.4. The van der Waals surface area contributed by atoms with Crippen LogP contribution in [0, 0.1) is 0 Å². The van der Waals surface area contributed by atoms with Gasteiger partial charge in [-0.25, -0.2) is 4.98 Å². The lowest BCUT2D eigenvalue weighted by Crippen LogP contribution is -2.22.